The number of thioether (sulfide) groups is 1. The van der Waals surface area contributed by atoms with E-state index >= 15 is 0 Å². The van der Waals surface area contributed by atoms with Crippen LogP contribution in [0.25, 0.3) is 17.1 Å². The van der Waals surface area contributed by atoms with E-state index in [1.54, 1.807) is 18.2 Å². The lowest BCUT2D eigenvalue weighted by molar-refractivity contribution is -0.119. The van der Waals surface area contributed by atoms with Crippen LogP contribution in [0.15, 0.2) is 76.5 Å². The summed E-state index contributed by atoms with van der Waals surface area (Å²) in [6.07, 6.45) is 1.37. The first kappa shape index (κ1) is 23.4. The summed E-state index contributed by atoms with van der Waals surface area (Å²) >= 11 is 7.35. The van der Waals surface area contributed by atoms with Crippen molar-refractivity contribution in [3.8, 4) is 22.8 Å². The molecule has 4 rings (SSSR count). The van der Waals surface area contributed by atoms with Gasteiger partial charge in [0.05, 0.1) is 18.6 Å². The molecule has 34 heavy (non-hydrogen) atoms. The van der Waals surface area contributed by atoms with Gasteiger partial charge < -0.3 is 9.15 Å². The van der Waals surface area contributed by atoms with Gasteiger partial charge in [-0.15, -0.1) is 10.2 Å². The third-order valence-electron chi connectivity index (χ3n) is 4.51. The minimum atomic E-state index is -0.552. The van der Waals surface area contributed by atoms with Gasteiger partial charge in [0.2, 0.25) is 5.91 Å². The molecule has 0 saturated carbocycles. The molecule has 0 spiro atoms. The van der Waals surface area contributed by atoms with Crippen LogP contribution in [-0.4, -0.2) is 38.9 Å². The van der Waals surface area contributed by atoms with Gasteiger partial charge in [-0.1, -0.05) is 35.5 Å². The standard InChI is InChI=1S/C23H20ClN5O4S/c1-2-32-18-10-8-17(9-11-18)29-21(15-5-3-6-16(24)13-15)26-28-23(29)34-14-20(30)25-27-22(31)19-7-4-12-33-19/h3-13H,2,14H2,1H3,(H,25,30)(H,27,31). The summed E-state index contributed by atoms with van der Waals surface area (Å²) in [7, 11) is 0. The number of hydrazine groups is 1. The molecule has 0 bridgehead atoms. The third kappa shape index (κ3) is 5.59. The largest absolute Gasteiger partial charge is 0.494 e. The summed E-state index contributed by atoms with van der Waals surface area (Å²) in [4.78, 5) is 24.2. The van der Waals surface area contributed by atoms with E-state index in [0.29, 0.717) is 22.6 Å². The molecule has 2 heterocycles. The van der Waals surface area contributed by atoms with Crippen molar-refractivity contribution in [1.82, 2.24) is 25.6 Å². The molecule has 0 radical (unpaired) electrons. The lowest BCUT2D eigenvalue weighted by atomic mass is 10.2. The highest BCUT2D eigenvalue weighted by atomic mass is 35.5. The zero-order chi connectivity index (χ0) is 23.9. The van der Waals surface area contributed by atoms with E-state index in [1.807, 2.05) is 47.9 Å². The van der Waals surface area contributed by atoms with Gasteiger partial charge in [-0.25, -0.2) is 0 Å². The van der Waals surface area contributed by atoms with Gasteiger partial charge in [-0.2, -0.15) is 0 Å². The Morgan fingerprint density at radius 2 is 1.91 bits per heavy atom. The molecule has 11 heteroatoms. The van der Waals surface area contributed by atoms with Gasteiger partial charge in [-0.3, -0.25) is 25.0 Å². The molecule has 0 fully saturated rings. The zero-order valence-electron chi connectivity index (χ0n) is 18.0. The molecule has 2 aromatic heterocycles. The van der Waals surface area contributed by atoms with E-state index in [1.165, 1.54) is 24.1 Å². The number of carbonyl (C=O) groups is 2. The summed E-state index contributed by atoms with van der Waals surface area (Å²) < 4.78 is 12.4. The second-order valence-electron chi connectivity index (χ2n) is 6.85. The quantitative estimate of drug-likeness (QED) is 0.278. The van der Waals surface area contributed by atoms with E-state index in [0.717, 1.165) is 17.0 Å². The van der Waals surface area contributed by atoms with Crippen LogP contribution in [0.1, 0.15) is 17.5 Å². The topological polar surface area (TPSA) is 111 Å². The van der Waals surface area contributed by atoms with Crippen molar-refractivity contribution in [1.29, 1.82) is 0 Å². The Bertz CT molecular complexity index is 1280. The number of aromatic nitrogens is 3. The van der Waals surface area contributed by atoms with Crippen molar-refractivity contribution in [2.24, 2.45) is 0 Å². The lowest BCUT2D eigenvalue weighted by Crippen LogP contribution is -2.42. The molecule has 0 aliphatic rings. The maximum atomic E-state index is 12.3. The zero-order valence-corrected chi connectivity index (χ0v) is 19.6. The molecule has 0 unspecified atom stereocenters. The number of halogens is 1. The van der Waals surface area contributed by atoms with Gasteiger partial charge in [0.15, 0.2) is 16.7 Å². The number of hydrogen-bond acceptors (Lipinski definition) is 7. The van der Waals surface area contributed by atoms with E-state index in [4.69, 9.17) is 20.8 Å². The number of furan rings is 1. The minimum Gasteiger partial charge on any atom is -0.494 e. The molecule has 0 aliphatic heterocycles. The summed E-state index contributed by atoms with van der Waals surface area (Å²) in [5.74, 6) is 0.419. The fourth-order valence-electron chi connectivity index (χ4n) is 3.03. The number of ether oxygens (including phenoxy) is 1. The van der Waals surface area contributed by atoms with Crippen molar-refractivity contribution < 1.29 is 18.7 Å². The number of nitrogens with zero attached hydrogens (tertiary/aromatic N) is 3. The fourth-order valence-corrected chi connectivity index (χ4v) is 3.97. The molecule has 4 aromatic rings. The normalized spacial score (nSPS) is 10.6. The lowest BCUT2D eigenvalue weighted by Gasteiger charge is -2.12. The Hall–Kier alpha value is -3.76. The van der Waals surface area contributed by atoms with E-state index < -0.39 is 11.8 Å². The van der Waals surface area contributed by atoms with Crippen LogP contribution in [0, 0.1) is 0 Å². The fraction of sp³-hybridized carbons (Fsp3) is 0.130. The van der Waals surface area contributed by atoms with E-state index in [2.05, 4.69) is 21.0 Å². The van der Waals surface area contributed by atoms with Crippen molar-refractivity contribution in [2.75, 3.05) is 12.4 Å². The molecule has 2 N–H and O–H groups in total. The van der Waals surface area contributed by atoms with Crippen molar-refractivity contribution in [3.05, 3.63) is 77.7 Å². The average molecular weight is 498 g/mol. The molecule has 9 nitrogen and oxygen atoms in total. The predicted octanol–water partition coefficient (Wildman–Crippen LogP) is 4.13. The Morgan fingerprint density at radius 1 is 1.09 bits per heavy atom. The third-order valence-corrected chi connectivity index (χ3v) is 5.68. The summed E-state index contributed by atoms with van der Waals surface area (Å²) in [5, 5.41) is 9.68. The van der Waals surface area contributed by atoms with Crippen molar-refractivity contribution >= 4 is 35.2 Å². The van der Waals surface area contributed by atoms with Crippen LogP contribution >= 0.6 is 23.4 Å². The number of rotatable bonds is 8. The minimum absolute atomic E-state index is 0.0108. The highest BCUT2D eigenvalue weighted by molar-refractivity contribution is 7.99. The Labute approximate surface area is 204 Å². The molecular weight excluding hydrogens is 478 g/mol. The van der Waals surface area contributed by atoms with Gasteiger partial charge in [0.25, 0.3) is 0 Å². The number of hydrogen-bond donors (Lipinski definition) is 2. The van der Waals surface area contributed by atoms with Crippen LogP contribution in [0.3, 0.4) is 0 Å². The summed E-state index contributed by atoms with van der Waals surface area (Å²) in [6, 6.07) is 17.8. The van der Waals surface area contributed by atoms with Crippen molar-refractivity contribution in [2.45, 2.75) is 12.1 Å². The molecule has 0 atom stereocenters. The first-order valence-corrected chi connectivity index (χ1v) is 11.6. The second kappa shape index (κ2) is 10.9. The average Bonchev–Trinajstić information content (AvgIpc) is 3.52. The van der Waals surface area contributed by atoms with Crippen LogP contribution < -0.4 is 15.6 Å². The Balaban J connectivity index is 1.53. The smallest absolute Gasteiger partial charge is 0.305 e. The molecule has 2 amide bonds. The predicted molar refractivity (Wildman–Crippen MR) is 128 cm³/mol. The van der Waals surface area contributed by atoms with Gasteiger partial charge >= 0.3 is 5.91 Å². The Kier molecular flexibility index (Phi) is 7.51. The molecule has 2 aromatic carbocycles. The molecular formula is C23H20ClN5O4S. The van der Waals surface area contributed by atoms with E-state index in [-0.39, 0.29) is 11.5 Å². The molecule has 0 aliphatic carbocycles. The SMILES string of the molecule is CCOc1ccc(-n2c(SCC(=O)NNC(=O)c3ccco3)nnc2-c2cccc(Cl)c2)cc1. The van der Waals surface area contributed by atoms with Crippen LogP contribution in [0.5, 0.6) is 5.75 Å². The molecule has 0 saturated heterocycles. The monoisotopic (exact) mass is 497 g/mol. The van der Waals surface area contributed by atoms with Crippen LogP contribution in [0.4, 0.5) is 0 Å². The summed E-state index contributed by atoms with van der Waals surface area (Å²) in [6.45, 7) is 2.48. The second-order valence-corrected chi connectivity index (χ2v) is 8.23. The van der Waals surface area contributed by atoms with Gasteiger partial charge in [-0.05, 0) is 55.5 Å². The van der Waals surface area contributed by atoms with Gasteiger partial charge in [0.1, 0.15) is 5.75 Å². The maximum absolute atomic E-state index is 12.3. The number of carbonyl (C=O) groups excluding carboxylic acids is 2. The first-order valence-electron chi connectivity index (χ1n) is 10.2. The van der Waals surface area contributed by atoms with Crippen LogP contribution in [-0.2, 0) is 4.79 Å². The number of amides is 2. The highest BCUT2D eigenvalue weighted by Gasteiger charge is 2.18. The first-order chi connectivity index (χ1) is 16.5. The van der Waals surface area contributed by atoms with Crippen LogP contribution in [0.2, 0.25) is 5.02 Å². The summed E-state index contributed by atoms with van der Waals surface area (Å²) in [5.41, 5.74) is 6.23. The highest BCUT2D eigenvalue weighted by Crippen LogP contribution is 2.30. The number of nitrogens with one attached hydrogen (secondary N) is 2. The van der Waals surface area contributed by atoms with E-state index in [9.17, 15) is 9.59 Å². The Morgan fingerprint density at radius 3 is 2.62 bits per heavy atom. The number of benzene rings is 2. The maximum Gasteiger partial charge on any atom is 0.305 e. The molecule has 174 valence electrons. The van der Waals surface area contributed by atoms with Crippen molar-refractivity contribution in [3.63, 3.8) is 0 Å². The van der Waals surface area contributed by atoms with Gasteiger partial charge in [0, 0.05) is 16.3 Å².